The Kier molecular flexibility index (Phi) is 5.60. The second-order valence-electron chi connectivity index (χ2n) is 7.59. The summed E-state index contributed by atoms with van der Waals surface area (Å²) in [6, 6.07) is 12.5. The van der Waals surface area contributed by atoms with Crippen LogP contribution in [-0.4, -0.2) is 21.1 Å². The predicted octanol–water partition coefficient (Wildman–Crippen LogP) is 3.52. The second-order valence-corrected chi connectivity index (χ2v) is 7.59. The minimum atomic E-state index is -0.258. The third-order valence-corrected chi connectivity index (χ3v) is 5.30. The van der Waals surface area contributed by atoms with Crippen LogP contribution in [-0.2, 0) is 6.54 Å². The Hall–Kier alpha value is -3.15. The average molecular weight is 391 g/mol. The van der Waals surface area contributed by atoms with Crippen LogP contribution in [0.15, 0.2) is 69.1 Å². The lowest BCUT2D eigenvalue weighted by atomic mass is 9.96. The van der Waals surface area contributed by atoms with Gasteiger partial charge < -0.3 is 8.98 Å². The minimum Gasteiger partial charge on any atom is -0.454 e. The molecule has 0 aliphatic heterocycles. The highest BCUT2D eigenvalue weighted by atomic mass is 16.4. The zero-order chi connectivity index (χ0) is 20.2. The third kappa shape index (κ3) is 4.47. The summed E-state index contributed by atoms with van der Waals surface area (Å²) in [5, 5.41) is 0. The van der Waals surface area contributed by atoms with Crippen LogP contribution in [0.25, 0.3) is 0 Å². The summed E-state index contributed by atoms with van der Waals surface area (Å²) in [6.45, 7) is 2.28. The van der Waals surface area contributed by atoms with Crippen LogP contribution in [0, 0.1) is 6.92 Å². The first kappa shape index (κ1) is 19.2. The molecule has 0 spiro atoms. The smallest absolute Gasteiger partial charge is 0.299 e. The summed E-state index contributed by atoms with van der Waals surface area (Å²) < 4.78 is 8.85. The first-order valence-corrected chi connectivity index (χ1v) is 10.1. The van der Waals surface area contributed by atoms with Crippen molar-refractivity contribution >= 4 is 5.91 Å². The molecule has 1 aliphatic carbocycles. The van der Waals surface area contributed by atoms with Crippen LogP contribution in [0.5, 0.6) is 0 Å². The molecule has 0 saturated heterocycles. The van der Waals surface area contributed by atoms with Crippen LogP contribution in [0.3, 0.4) is 0 Å². The van der Waals surface area contributed by atoms with E-state index in [4.69, 9.17) is 9.41 Å². The van der Waals surface area contributed by atoms with E-state index in [9.17, 15) is 9.59 Å². The largest absolute Gasteiger partial charge is 0.454 e. The van der Waals surface area contributed by atoms with Crippen LogP contribution in [0.1, 0.15) is 54.0 Å². The van der Waals surface area contributed by atoms with E-state index >= 15 is 0 Å². The maximum atomic E-state index is 13.1. The maximum absolute atomic E-state index is 13.1. The molecule has 4 rings (SSSR count). The van der Waals surface area contributed by atoms with Crippen molar-refractivity contribution in [2.75, 3.05) is 0 Å². The van der Waals surface area contributed by atoms with E-state index < -0.39 is 0 Å². The van der Waals surface area contributed by atoms with Crippen molar-refractivity contribution in [1.82, 2.24) is 9.13 Å². The molecule has 1 aliphatic rings. The van der Waals surface area contributed by atoms with Gasteiger partial charge in [0.2, 0.25) is 0 Å². The fourth-order valence-electron chi connectivity index (χ4n) is 3.71. The number of rotatable bonds is 4. The molecule has 0 atom stereocenters. The van der Waals surface area contributed by atoms with E-state index in [2.05, 4.69) is 0 Å². The first-order valence-electron chi connectivity index (χ1n) is 10.1. The Balaban J connectivity index is 1.62. The number of aromatic nitrogens is 2. The van der Waals surface area contributed by atoms with Gasteiger partial charge in [-0.1, -0.05) is 25.3 Å². The van der Waals surface area contributed by atoms with Gasteiger partial charge in [-0.2, -0.15) is 0 Å². The van der Waals surface area contributed by atoms with E-state index in [-0.39, 0.29) is 29.8 Å². The quantitative estimate of drug-likeness (QED) is 0.683. The van der Waals surface area contributed by atoms with Gasteiger partial charge in [0.15, 0.2) is 5.76 Å². The Morgan fingerprint density at radius 3 is 2.72 bits per heavy atom. The lowest BCUT2D eigenvalue weighted by Crippen LogP contribution is -2.29. The second kappa shape index (κ2) is 8.47. The highest BCUT2D eigenvalue weighted by Gasteiger charge is 2.16. The number of carbonyl (C=O) groups excluding carboxylic acids is 1. The maximum Gasteiger partial charge on any atom is 0.299 e. The molecule has 0 amide bonds. The summed E-state index contributed by atoms with van der Waals surface area (Å²) in [5.74, 6) is 0.532. The van der Waals surface area contributed by atoms with E-state index in [1.807, 2.05) is 19.1 Å². The lowest BCUT2D eigenvalue weighted by molar-refractivity contribution is 0.0924. The molecule has 0 N–H and O–H groups in total. The van der Waals surface area contributed by atoms with Crippen LogP contribution in [0.2, 0.25) is 0 Å². The van der Waals surface area contributed by atoms with Crippen LogP contribution >= 0.6 is 0 Å². The van der Waals surface area contributed by atoms with Crippen molar-refractivity contribution in [2.24, 2.45) is 4.99 Å². The topological polar surface area (TPSA) is 69.5 Å². The van der Waals surface area contributed by atoms with Crippen molar-refractivity contribution in [2.45, 2.75) is 51.6 Å². The van der Waals surface area contributed by atoms with Gasteiger partial charge in [-0.25, -0.2) is 0 Å². The van der Waals surface area contributed by atoms with E-state index in [1.54, 1.807) is 41.2 Å². The Labute approximate surface area is 169 Å². The molecule has 0 aromatic carbocycles. The fraction of sp³-hybridized carbons (Fsp3) is 0.348. The van der Waals surface area contributed by atoms with Crippen molar-refractivity contribution in [3.05, 3.63) is 87.8 Å². The Bertz CT molecular complexity index is 1130. The van der Waals surface area contributed by atoms with Crippen molar-refractivity contribution < 1.29 is 9.21 Å². The fourth-order valence-corrected chi connectivity index (χ4v) is 3.71. The van der Waals surface area contributed by atoms with Gasteiger partial charge in [0.25, 0.3) is 11.5 Å². The van der Waals surface area contributed by atoms with Crippen molar-refractivity contribution in [3.63, 3.8) is 0 Å². The molecule has 29 heavy (non-hydrogen) atoms. The molecule has 0 unspecified atom stereocenters. The molecule has 3 aromatic rings. The average Bonchev–Trinajstić information content (AvgIpc) is 3.19. The summed E-state index contributed by atoms with van der Waals surface area (Å²) in [6.07, 6.45) is 9.23. The monoisotopic (exact) mass is 391 g/mol. The van der Waals surface area contributed by atoms with Crippen molar-refractivity contribution in [3.8, 4) is 0 Å². The highest BCUT2D eigenvalue weighted by molar-refractivity contribution is 5.93. The molecular formula is C23H25N3O3. The molecule has 150 valence electrons. The number of hydrogen-bond acceptors (Lipinski definition) is 4. The number of hydrogen-bond donors (Lipinski definition) is 0. The number of aryl methyl sites for hydroxylation is 1. The predicted molar refractivity (Wildman–Crippen MR) is 110 cm³/mol. The molecule has 3 aromatic heterocycles. The van der Waals surface area contributed by atoms with Gasteiger partial charge >= 0.3 is 0 Å². The number of carbonyl (C=O) groups is 1. The Morgan fingerprint density at radius 1 is 1.10 bits per heavy atom. The molecule has 1 saturated carbocycles. The van der Waals surface area contributed by atoms with Gasteiger partial charge in [0.05, 0.1) is 12.6 Å². The SMILES string of the molecule is Cc1ccn(C(=O)c2ccc(Cn3ccccc3=O)o2)c(=NC2CCCCC2)c1. The normalized spacial score (nSPS) is 15.6. The molecule has 0 radical (unpaired) electrons. The van der Waals surface area contributed by atoms with E-state index in [1.165, 1.54) is 29.9 Å². The van der Waals surface area contributed by atoms with Gasteiger partial charge in [0.1, 0.15) is 11.2 Å². The standard InChI is InChI=1S/C23H25N3O3/c1-17-12-14-26(21(15-17)24-18-7-3-2-4-8-18)23(28)20-11-10-19(29-20)16-25-13-6-5-9-22(25)27/h5-6,9-15,18H,2-4,7-8,16H2,1H3. The molecule has 1 fully saturated rings. The van der Waals surface area contributed by atoms with Crippen LogP contribution < -0.4 is 11.0 Å². The first-order chi connectivity index (χ1) is 14.1. The molecule has 6 nitrogen and oxygen atoms in total. The summed E-state index contributed by atoms with van der Waals surface area (Å²) in [5.41, 5.74) is 1.62. The van der Waals surface area contributed by atoms with Crippen LogP contribution in [0.4, 0.5) is 0 Å². The molecule has 6 heteroatoms. The zero-order valence-corrected chi connectivity index (χ0v) is 16.6. The van der Waals surface area contributed by atoms with E-state index in [0.29, 0.717) is 11.2 Å². The van der Waals surface area contributed by atoms with Gasteiger partial charge in [-0.3, -0.25) is 19.1 Å². The number of furan rings is 1. The summed E-state index contributed by atoms with van der Waals surface area (Å²) >= 11 is 0. The Morgan fingerprint density at radius 2 is 1.93 bits per heavy atom. The van der Waals surface area contributed by atoms with Gasteiger partial charge in [-0.05, 0) is 55.7 Å². The summed E-state index contributed by atoms with van der Waals surface area (Å²) in [4.78, 5) is 29.8. The molecular weight excluding hydrogens is 366 g/mol. The van der Waals surface area contributed by atoms with Gasteiger partial charge in [-0.15, -0.1) is 0 Å². The minimum absolute atomic E-state index is 0.113. The van der Waals surface area contributed by atoms with E-state index in [0.717, 1.165) is 18.4 Å². The lowest BCUT2D eigenvalue weighted by Gasteiger charge is -2.17. The summed E-state index contributed by atoms with van der Waals surface area (Å²) in [7, 11) is 0. The molecule has 3 heterocycles. The number of nitrogens with zero attached hydrogens (tertiary/aromatic N) is 3. The van der Waals surface area contributed by atoms with Gasteiger partial charge in [0, 0.05) is 18.5 Å². The zero-order valence-electron chi connectivity index (χ0n) is 16.6. The third-order valence-electron chi connectivity index (χ3n) is 5.30. The number of pyridine rings is 2. The highest BCUT2D eigenvalue weighted by Crippen LogP contribution is 2.19. The molecule has 0 bridgehead atoms. The van der Waals surface area contributed by atoms with Crippen molar-refractivity contribution in [1.29, 1.82) is 0 Å².